The highest BCUT2D eigenvalue weighted by Crippen LogP contribution is 2.30. The summed E-state index contributed by atoms with van der Waals surface area (Å²) in [6.07, 6.45) is 3.42. The number of H-pyrrole nitrogens is 1. The Bertz CT molecular complexity index is 1580. The zero-order chi connectivity index (χ0) is 24.6. The summed E-state index contributed by atoms with van der Waals surface area (Å²) in [6.45, 7) is 5.82. The average Bonchev–Trinajstić information content (AvgIpc) is 3.39. The molecule has 1 aliphatic heterocycles. The number of anilines is 2. The molecule has 0 bridgehead atoms. The maximum absolute atomic E-state index is 14.3. The highest BCUT2D eigenvalue weighted by Gasteiger charge is 2.22. The standard InChI is InChI=1S/C28H29N7O/c1-19(32-27-26-22(11-12-29-27)30-18-31-26)24-17-20-7-6-10-23(34-15-13-33(2)14-16-34)25(20)28(36)35(24)21-8-4-3-5-9-21/h3-12,17-19H,13-16H2,1-2H3,(H,29,32)(H,30,31)/t19-/m1/s1. The number of likely N-dealkylation sites (N-methyl/N-ethyl adjacent to an activating group) is 1. The number of benzene rings is 2. The van der Waals surface area contributed by atoms with Gasteiger partial charge in [-0.05, 0) is 49.7 Å². The SMILES string of the molecule is C[C@@H](Nc1nccc2[nH]cnc12)c1cc2cccc(N3CCN(C)CC3)c2c(=O)n1-c1ccccc1. The first-order valence-electron chi connectivity index (χ1n) is 12.3. The maximum atomic E-state index is 14.3. The Balaban J connectivity index is 1.51. The molecule has 4 heterocycles. The predicted molar refractivity (Wildman–Crippen MR) is 145 cm³/mol. The molecule has 2 N–H and O–H groups in total. The van der Waals surface area contributed by atoms with Crippen molar-refractivity contribution in [3.8, 4) is 5.69 Å². The summed E-state index contributed by atoms with van der Waals surface area (Å²) in [5.74, 6) is 0.680. The number of pyridine rings is 2. The number of nitrogens with zero attached hydrogens (tertiary/aromatic N) is 5. The lowest BCUT2D eigenvalue weighted by Gasteiger charge is -2.34. The number of hydrogen-bond acceptors (Lipinski definition) is 6. The van der Waals surface area contributed by atoms with Crippen LogP contribution in [0.5, 0.6) is 0 Å². The summed E-state index contributed by atoms with van der Waals surface area (Å²) in [6, 6.07) is 19.8. The second-order valence-corrected chi connectivity index (χ2v) is 9.40. The van der Waals surface area contributed by atoms with Gasteiger partial charge in [-0.1, -0.05) is 30.3 Å². The zero-order valence-corrected chi connectivity index (χ0v) is 20.5. The summed E-state index contributed by atoms with van der Waals surface area (Å²) in [5, 5.41) is 5.20. The second-order valence-electron chi connectivity index (χ2n) is 9.40. The molecule has 182 valence electrons. The van der Waals surface area contributed by atoms with Crippen molar-refractivity contribution in [1.82, 2.24) is 24.4 Å². The Morgan fingerprint density at radius 2 is 1.78 bits per heavy atom. The number of para-hydroxylation sites is 1. The summed E-state index contributed by atoms with van der Waals surface area (Å²) < 4.78 is 1.84. The van der Waals surface area contributed by atoms with E-state index >= 15 is 0 Å². The van der Waals surface area contributed by atoms with E-state index in [4.69, 9.17) is 0 Å². The Morgan fingerprint density at radius 1 is 0.972 bits per heavy atom. The van der Waals surface area contributed by atoms with E-state index in [0.29, 0.717) is 5.82 Å². The molecule has 6 rings (SSSR count). The van der Waals surface area contributed by atoms with Crippen LogP contribution in [0.25, 0.3) is 27.5 Å². The van der Waals surface area contributed by atoms with Gasteiger partial charge < -0.3 is 20.1 Å². The predicted octanol–water partition coefficient (Wildman–Crippen LogP) is 4.19. The Morgan fingerprint density at radius 3 is 2.58 bits per heavy atom. The van der Waals surface area contributed by atoms with Crippen molar-refractivity contribution in [3.05, 3.63) is 89.2 Å². The average molecular weight is 480 g/mol. The minimum Gasteiger partial charge on any atom is -0.368 e. The van der Waals surface area contributed by atoms with Crippen LogP contribution in [-0.2, 0) is 0 Å². The van der Waals surface area contributed by atoms with Gasteiger partial charge in [-0.3, -0.25) is 9.36 Å². The van der Waals surface area contributed by atoms with E-state index in [1.807, 2.05) is 47.0 Å². The van der Waals surface area contributed by atoms with Gasteiger partial charge in [-0.2, -0.15) is 0 Å². The van der Waals surface area contributed by atoms with Gasteiger partial charge >= 0.3 is 0 Å². The lowest BCUT2D eigenvalue weighted by atomic mass is 10.0. The third-order valence-electron chi connectivity index (χ3n) is 7.05. The van der Waals surface area contributed by atoms with E-state index in [2.05, 4.69) is 62.2 Å². The fraction of sp³-hybridized carbons (Fsp3) is 0.250. The van der Waals surface area contributed by atoms with E-state index in [-0.39, 0.29) is 11.6 Å². The molecule has 5 aromatic rings. The van der Waals surface area contributed by atoms with Gasteiger partial charge in [-0.15, -0.1) is 0 Å². The van der Waals surface area contributed by atoms with E-state index in [1.165, 1.54) is 0 Å². The smallest absolute Gasteiger partial charge is 0.265 e. The van der Waals surface area contributed by atoms with Gasteiger partial charge in [0.05, 0.1) is 29.0 Å². The molecule has 1 atom stereocenters. The molecule has 8 nitrogen and oxygen atoms in total. The Hall–Kier alpha value is -4.17. The van der Waals surface area contributed by atoms with Crippen LogP contribution in [0.15, 0.2) is 78.0 Å². The molecule has 0 radical (unpaired) electrons. The molecule has 2 aromatic carbocycles. The summed E-state index contributed by atoms with van der Waals surface area (Å²) in [4.78, 5) is 31.0. The van der Waals surface area contributed by atoms with E-state index in [9.17, 15) is 4.79 Å². The minimum atomic E-state index is -0.204. The lowest BCUT2D eigenvalue weighted by Crippen LogP contribution is -2.45. The van der Waals surface area contributed by atoms with Crippen molar-refractivity contribution in [3.63, 3.8) is 0 Å². The van der Waals surface area contributed by atoms with Crippen LogP contribution in [0.4, 0.5) is 11.5 Å². The number of aromatic amines is 1. The fourth-order valence-corrected chi connectivity index (χ4v) is 5.09. The molecular weight excluding hydrogens is 450 g/mol. The van der Waals surface area contributed by atoms with Crippen molar-refractivity contribution in [2.45, 2.75) is 13.0 Å². The van der Waals surface area contributed by atoms with E-state index < -0.39 is 0 Å². The van der Waals surface area contributed by atoms with Crippen LogP contribution in [0.1, 0.15) is 18.7 Å². The highest BCUT2D eigenvalue weighted by molar-refractivity contribution is 5.94. The number of nitrogens with one attached hydrogen (secondary N) is 2. The molecular formula is C28H29N7O. The van der Waals surface area contributed by atoms with Gasteiger partial charge in [0, 0.05) is 43.8 Å². The number of rotatable bonds is 5. The molecule has 0 unspecified atom stereocenters. The van der Waals surface area contributed by atoms with Crippen molar-refractivity contribution in [1.29, 1.82) is 0 Å². The van der Waals surface area contributed by atoms with Crippen LogP contribution in [-0.4, -0.2) is 57.6 Å². The van der Waals surface area contributed by atoms with Crippen molar-refractivity contribution in [2.75, 3.05) is 43.4 Å². The molecule has 0 amide bonds. The minimum absolute atomic E-state index is 0.0113. The van der Waals surface area contributed by atoms with Crippen LogP contribution in [0, 0.1) is 0 Å². The molecule has 8 heteroatoms. The molecule has 3 aromatic heterocycles. The number of aromatic nitrogens is 4. The highest BCUT2D eigenvalue weighted by atomic mass is 16.1. The third kappa shape index (κ3) is 3.89. The summed E-state index contributed by atoms with van der Waals surface area (Å²) >= 11 is 0. The lowest BCUT2D eigenvalue weighted by molar-refractivity contribution is 0.313. The molecule has 1 fully saturated rings. The first-order chi connectivity index (χ1) is 17.6. The number of fused-ring (bicyclic) bond motifs is 2. The maximum Gasteiger partial charge on any atom is 0.265 e. The number of hydrogen-bond donors (Lipinski definition) is 2. The molecule has 1 aliphatic rings. The summed E-state index contributed by atoms with van der Waals surface area (Å²) in [5.41, 5.74) is 4.38. The second kappa shape index (κ2) is 9.13. The quantitative estimate of drug-likeness (QED) is 0.394. The van der Waals surface area contributed by atoms with Gasteiger partial charge in [0.2, 0.25) is 0 Å². The molecule has 0 spiro atoms. The fourth-order valence-electron chi connectivity index (χ4n) is 5.09. The Kier molecular flexibility index (Phi) is 5.65. The van der Waals surface area contributed by atoms with Crippen LogP contribution in [0.3, 0.4) is 0 Å². The molecule has 0 aliphatic carbocycles. The molecule has 0 saturated carbocycles. The van der Waals surface area contributed by atoms with Gasteiger partial charge in [0.1, 0.15) is 5.52 Å². The van der Waals surface area contributed by atoms with Gasteiger partial charge in [-0.25, -0.2) is 9.97 Å². The number of piperazine rings is 1. The number of imidazole rings is 1. The largest absolute Gasteiger partial charge is 0.368 e. The summed E-state index contributed by atoms with van der Waals surface area (Å²) in [7, 11) is 2.14. The first-order valence-corrected chi connectivity index (χ1v) is 12.3. The monoisotopic (exact) mass is 479 g/mol. The topological polar surface area (TPSA) is 82.1 Å². The van der Waals surface area contributed by atoms with Crippen molar-refractivity contribution < 1.29 is 0 Å². The Labute approximate surface area is 209 Å². The van der Waals surface area contributed by atoms with Gasteiger partial charge in [0.25, 0.3) is 5.56 Å². The van der Waals surface area contributed by atoms with E-state index in [0.717, 1.165) is 65.1 Å². The van der Waals surface area contributed by atoms with E-state index in [1.54, 1.807) is 12.5 Å². The molecule has 1 saturated heterocycles. The van der Waals surface area contributed by atoms with Crippen LogP contribution >= 0.6 is 0 Å². The van der Waals surface area contributed by atoms with Crippen LogP contribution < -0.4 is 15.8 Å². The molecule has 36 heavy (non-hydrogen) atoms. The normalized spacial score (nSPS) is 15.4. The van der Waals surface area contributed by atoms with Crippen molar-refractivity contribution >= 4 is 33.3 Å². The van der Waals surface area contributed by atoms with Crippen LogP contribution in [0.2, 0.25) is 0 Å². The van der Waals surface area contributed by atoms with Crippen molar-refractivity contribution in [2.24, 2.45) is 0 Å². The van der Waals surface area contributed by atoms with Gasteiger partial charge in [0.15, 0.2) is 5.82 Å². The first kappa shape index (κ1) is 22.3. The third-order valence-corrected chi connectivity index (χ3v) is 7.05. The zero-order valence-electron chi connectivity index (χ0n) is 20.5.